The van der Waals surface area contributed by atoms with Gasteiger partial charge in [-0.2, -0.15) is 9.67 Å². The lowest BCUT2D eigenvalue weighted by Gasteiger charge is -2.40. The van der Waals surface area contributed by atoms with Gasteiger partial charge >= 0.3 is 5.69 Å². The molecule has 6 heterocycles. The SMILES string of the molecule is C=CC(=O)N1CCN(c2nc(=O)n3c4nc(c(F)cc24)-n2nncc2CCOc2ccnc(C(C)C)c2-3)[C@@H](C)C1. The summed E-state index contributed by atoms with van der Waals surface area (Å²) >= 11 is 0. The maximum Gasteiger partial charge on any atom is 0.356 e. The van der Waals surface area contributed by atoms with Crippen LogP contribution in [-0.4, -0.2) is 77.6 Å². The van der Waals surface area contributed by atoms with E-state index in [9.17, 15) is 9.59 Å². The minimum Gasteiger partial charge on any atom is -0.491 e. The molecule has 2 aliphatic rings. The maximum absolute atomic E-state index is 15.8. The van der Waals surface area contributed by atoms with Gasteiger partial charge in [0.05, 0.1) is 29.6 Å². The van der Waals surface area contributed by atoms with E-state index in [1.165, 1.54) is 27.6 Å². The maximum atomic E-state index is 15.8. The highest BCUT2D eigenvalue weighted by atomic mass is 19.1. The first-order valence-electron chi connectivity index (χ1n) is 13.1. The van der Waals surface area contributed by atoms with Gasteiger partial charge in [-0.3, -0.25) is 9.78 Å². The average Bonchev–Trinajstić information content (AvgIpc) is 3.39. The molecule has 1 amide bonds. The first kappa shape index (κ1) is 25.6. The number of carbonyl (C=O) groups is 1. The monoisotopic (exact) mass is 545 g/mol. The Hall–Kier alpha value is -4.68. The van der Waals surface area contributed by atoms with Gasteiger partial charge in [0, 0.05) is 44.4 Å². The number of fused-ring (bicyclic) bond motifs is 5. The lowest BCUT2D eigenvalue weighted by molar-refractivity contribution is -0.126. The number of ether oxygens (including phenoxy) is 1. The van der Waals surface area contributed by atoms with E-state index in [1.54, 1.807) is 17.2 Å². The second-order valence-electron chi connectivity index (χ2n) is 10.2. The van der Waals surface area contributed by atoms with Crippen molar-refractivity contribution in [3.8, 4) is 17.3 Å². The van der Waals surface area contributed by atoms with Gasteiger partial charge in [0.15, 0.2) is 17.3 Å². The van der Waals surface area contributed by atoms with E-state index in [-0.39, 0.29) is 35.9 Å². The molecule has 1 fully saturated rings. The van der Waals surface area contributed by atoms with Crippen LogP contribution in [-0.2, 0) is 11.2 Å². The third-order valence-electron chi connectivity index (χ3n) is 7.29. The normalized spacial score (nSPS) is 16.9. The molecule has 13 heteroatoms. The fourth-order valence-corrected chi connectivity index (χ4v) is 5.35. The predicted octanol–water partition coefficient (Wildman–Crippen LogP) is 2.18. The van der Waals surface area contributed by atoms with Gasteiger partial charge in [-0.05, 0) is 25.0 Å². The number of pyridine rings is 2. The van der Waals surface area contributed by atoms with Crippen LogP contribution >= 0.6 is 0 Å². The third kappa shape index (κ3) is 4.08. The molecule has 12 nitrogen and oxygen atoms in total. The second kappa shape index (κ2) is 9.81. The molecule has 1 atom stereocenters. The quantitative estimate of drug-likeness (QED) is 0.356. The third-order valence-corrected chi connectivity index (χ3v) is 7.29. The molecule has 2 bridgehead atoms. The molecular formula is C27H28FN9O3. The zero-order valence-electron chi connectivity index (χ0n) is 22.4. The van der Waals surface area contributed by atoms with Crippen molar-refractivity contribution in [2.24, 2.45) is 0 Å². The van der Waals surface area contributed by atoms with Crippen LogP contribution in [0.25, 0.3) is 22.5 Å². The van der Waals surface area contributed by atoms with E-state index in [0.717, 1.165) is 0 Å². The molecule has 0 aromatic carbocycles. The molecule has 0 unspecified atom stereocenters. The predicted molar refractivity (Wildman–Crippen MR) is 145 cm³/mol. The zero-order valence-corrected chi connectivity index (χ0v) is 22.4. The molecule has 40 heavy (non-hydrogen) atoms. The van der Waals surface area contributed by atoms with Crippen LogP contribution in [0.2, 0.25) is 0 Å². The number of carbonyl (C=O) groups excluding carboxylic acids is 1. The summed E-state index contributed by atoms with van der Waals surface area (Å²) in [5.74, 6) is -0.236. The molecule has 2 aliphatic heterocycles. The number of halogens is 1. The summed E-state index contributed by atoms with van der Waals surface area (Å²) in [6.45, 7) is 10.8. The van der Waals surface area contributed by atoms with E-state index in [2.05, 4.69) is 31.8 Å². The summed E-state index contributed by atoms with van der Waals surface area (Å²) in [7, 11) is 0. The van der Waals surface area contributed by atoms with Crippen LogP contribution in [0.3, 0.4) is 0 Å². The van der Waals surface area contributed by atoms with Gasteiger partial charge in [-0.15, -0.1) is 5.10 Å². The molecule has 0 saturated carbocycles. The smallest absolute Gasteiger partial charge is 0.356 e. The fraction of sp³-hybridized carbons (Fsp3) is 0.370. The van der Waals surface area contributed by atoms with Crippen molar-refractivity contribution in [3.05, 3.63) is 64.9 Å². The minimum absolute atomic E-state index is 0.0691. The van der Waals surface area contributed by atoms with Crippen molar-refractivity contribution < 1.29 is 13.9 Å². The number of amides is 1. The summed E-state index contributed by atoms with van der Waals surface area (Å²) in [4.78, 5) is 43.5. The number of piperazine rings is 1. The van der Waals surface area contributed by atoms with Gasteiger partial charge in [0.1, 0.15) is 17.3 Å². The number of nitrogens with zero attached hydrogens (tertiary/aromatic N) is 9. The summed E-state index contributed by atoms with van der Waals surface area (Å²) < 4.78 is 24.7. The Bertz CT molecular complexity index is 1710. The van der Waals surface area contributed by atoms with E-state index < -0.39 is 11.5 Å². The lowest BCUT2D eigenvalue weighted by Crippen LogP contribution is -2.54. The number of rotatable bonds is 3. The van der Waals surface area contributed by atoms with Crippen molar-refractivity contribution in [1.29, 1.82) is 0 Å². The molecule has 6 rings (SSSR count). The van der Waals surface area contributed by atoms with E-state index in [4.69, 9.17) is 4.74 Å². The van der Waals surface area contributed by atoms with Crippen molar-refractivity contribution in [3.63, 3.8) is 0 Å². The standard InChI is InChI=1S/C27H28FN9O3/c1-5-21(38)34-9-10-35(16(4)14-34)24-18-12-19(28)26-31-25(18)36(27(39)32-24)23-20(6-8-29-22(23)15(2)3)40-11-7-17-13-30-33-37(17)26/h5-6,8,12-13,15-16H,1,7,9-11,14H2,2-4H3/t16-/m0/s1. The number of aromatic nitrogens is 7. The Labute approximate surface area is 228 Å². The van der Waals surface area contributed by atoms with Crippen molar-refractivity contribution >= 4 is 22.8 Å². The summed E-state index contributed by atoms with van der Waals surface area (Å²) in [5.41, 5.74) is 1.22. The number of hydrogen-bond donors (Lipinski definition) is 0. The van der Waals surface area contributed by atoms with Gasteiger partial charge in [0.25, 0.3) is 0 Å². The van der Waals surface area contributed by atoms with Gasteiger partial charge in [-0.1, -0.05) is 25.6 Å². The molecule has 0 N–H and O–H groups in total. The Morgan fingerprint density at radius 1 is 1.25 bits per heavy atom. The van der Waals surface area contributed by atoms with Crippen LogP contribution in [0.15, 0.2) is 42.0 Å². The van der Waals surface area contributed by atoms with Gasteiger partial charge < -0.3 is 14.5 Å². The fourth-order valence-electron chi connectivity index (χ4n) is 5.35. The van der Waals surface area contributed by atoms with Crippen LogP contribution in [0.4, 0.5) is 10.2 Å². The molecule has 0 radical (unpaired) electrons. The zero-order chi connectivity index (χ0) is 28.1. The summed E-state index contributed by atoms with van der Waals surface area (Å²) in [6.07, 6.45) is 4.84. The van der Waals surface area contributed by atoms with Gasteiger partial charge in [-0.25, -0.2) is 18.7 Å². The summed E-state index contributed by atoms with van der Waals surface area (Å²) in [6, 6.07) is 2.82. The molecule has 4 aromatic rings. The lowest BCUT2D eigenvalue weighted by atomic mass is 10.1. The van der Waals surface area contributed by atoms with Gasteiger partial charge in [0.2, 0.25) is 5.91 Å². The topological polar surface area (TPSA) is 124 Å². The molecule has 206 valence electrons. The Balaban J connectivity index is 1.65. The molecule has 1 saturated heterocycles. The van der Waals surface area contributed by atoms with E-state index in [1.807, 2.05) is 25.7 Å². The molecule has 4 aromatic heterocycles. The largest absolute Gasteiger partial charge is 0.491 e. The highest BCUT2D eigenvalue weighted by Gasteiger charge is 2.31. The number of anilines is 1. The summed E-state index contributed by atoms with van der Waals surface area (Å²) in [5, 5.41) is 8.36. The molecular weight excluding hydrogens is 517 g/mol. The Kier molecular flexibility index (Phi) is 6.28. The highest BCUT2D eigenvalue weighted by Crippen LogP contribution is 2.35. The van der Waals surface area contributed by atoms with Crippen LogP contribution in [0.5, 0.6) is 5.75 Å². The average molecular weight is 546 g/mol. The first-order valence-corrected chi connectivity index (χ1v) is 13.1. The Morgan fingerprint density at radius 2 is 2.08 bits per heavy atom. The van der Waals surface area contributed by atoms with E-state index in [0.29, 0.717) is 60.1 Å². The Morgan fingerprint density at radius 3 is 2.83 bits per heavy atom. The van der Waals surface area contributed by atoms with Crippen molar-refractivity contribution in [2.45, 2.75) is 39.2 Å². The van der Waals surface area contributed by atoms with Crippen LogP contribution < -0.4 is 15.3 Å². The number of hydrogen-bond acceptors (Lipinski definition) is 9. The second-order valence-corrected chi connectivity index (χ2v) is 10.2. The van der Waals surface area contributed by atoms with Crippen LogP contribution in [0.1, 0.15) is 38.1 Å². The highest BCUT2D eigenvalue weighted by molar-refractivity contribution is 5.90. The first-order chi connectivity index (χ1) is 19.3. The minimum atomic E-state index is -0.642. The van der Waals surface area contributed by atoms with Crippen molar-refractivity contribution in [1.82, 2.24) is 39.4 Å². The van der Waals surface area contributed by atoms with Crippen molar-refractivity contribution in [2.75, 3.05) is 31.1 Å². The molecule has 0 aliphatic carbocycles. The van der Waals surface area contributed by atoms with E-state index >= 15 is 4.39 Å². The van der Waals surface area contributed by atoms with Crippen LogP contribution in [0, 0.1) is 5.82 Å². The molecule has 0 spiro atoms.